The second-order valence-corrected chi connectivity index (χ2v) is 9.93. The number of hydrogen-bond acceptors (Lipinski definition) is 6. The average molecular weight is 525 g/mol. The van der Waals surface area contributed by atoms with Crippen LogP contribution in [0.5, 0.6) is 11.5 Å². The number of rotatable bonds is 8. The van der Waals surface area contributed by atoms with Crippen molar-refractivity contribution in [3.05, 3.63) is 129 Å². The molecule has 8 nitrogen and oxygen atoms in total. The molecule has 39 heavy (non-hydrogen) atoms. The summed E-state index contributed by atoms with van der Waals surface area (Å²) in [4.78, 5) is 35.4. The maximum Gasteiger partial charge on any atom is 0.338 e. The molecule has 0 unspecified atom stereocenters. The topological polar surface area (TPSA) is 108 Å². The zero-order chi connectivity index (χ0) is 28.0. The van der Waals surface area contributed by atoms with Crippen LogP contribution in [-0.4, -0.2) is 16.8 Å². The van der Waals surface area contributed by atoms with Crippen LogP contribution in [0.15, 0.2) is 97.1 Å². The average Bonchev–Trinajstić information content (AvgIpc) is 2.93. The maximum atomic E-state index is 12.6. The molecule has 0 aliphatic carbocycles. The number of nitro groups is 1. The molecule has 0 radical (unpaired) electrons. The van der Waals surface area contributed by atoms with Gasteiger partial charge in [0.25, 0.3) is 11.6 Å². The lowest BCUT2D eigenvalue weighted by atomic mass is 9.87. The zero-order valence-corrected chi connectivity index (χ0v) is 21.8. The van der Waals surface area contributed by atoms with E-state index in [2.05, 4.69) is 26.1 Å². The summed E-state index contributed by atoms with van der Waals surface area (Å²) in [5, 5.41) is 13.6. The summed E-state index contributed by atoms with van der Waals surface area (Å²) in [5.41, 5.74) is 3.39. The van der Waals surface area contributed by atoms with E-state index in [1.165, 1.54) is 24.3 Å². The summed E-state index contributed by atoms with van der Waals surface area (Å²) in [6.07, 6.45) is 0. The van der Waals surface area contributed by atoms with Gasteiger partial charge in [0.15, 0.2) is 0 Å². The highest BCUT2D eigenvalue weighted by molar-refractivity contribution is 6.04. The zero-order valence-electron chi connectivity index (χ0n) is 21.8. The molecule has 198 valence electrons. The molecule has 0 saturated heterocycles. The molecular formula is C31H28N2O6. The van der Waals surface area contributed by atoms with Crippen molar-refractivity contribution >= 4 is 23.3 Å². The minimum absolute atomic E-state index is 0.00839. The lowest BCUT2D eigenvalue weighted by molar-refractivity contribution is -0.384. The van der Waals surface area contributed by atoms with Crippen LogP contribution in [0.3, 0.4) is 0 Å². The third-order valence-corrected chi connectivity index (χ3v) is 5.97. The van der Waals surface area contributed by atoms with Crippen LogP contribution in [0.2, 0.25) is 0 Å². The predicted octanol–water partition coefficient (Wildman–Crippen LogP) is 7.29. The molecule has 0 aromatic heterocycles. The fraction of sp³-hybridized carbons (Fsp3) is 0.161. The van der Waals surface area contributed by atoms with Gasteiger partial charge in [-0.15, -0.1) is 0 Å². The van der Waals surface area contributed by atoms with Crippen molar-refractivity contribution in [2.75, 3.05) is 5.32 Å². The minimum atomic E-state index is -0.489. The first kappa shape index (κ1) is 27.1. The third kappa shape index (κ3) is 7.29. The van der Waals surface area contributed by atoms with Crippen LogP contribution >= 0.6 is 0 Å². The van der Waals surface area contributed by atoms with Crippen molar-refractivity contribution in [1.29, 1.82) is 0 Å². The number of esters is 1. The SMILES string of the molecule is CC(C)(C)c1ccc(C(=O)Nc2ccc(C(=O)OCc3ccc(Oc4ccc([N+](=O)[O-])cc4)cc3)cc2)cc1. The van der Waals surface area contributed by atoms with Gasteiger partial charge in [0.05, 0.1) is 10.5 Å². The van der Waals surface area contributed by atoms with Crippen molar-refractivity contribution < 1.29 is 24.0 Å². The quantitative estimate of drug-likeness (QED) is 0.147. The van der Waals surface area contributed by atoms with Crippen LogP contribution in [-0.2, 0) is 16.8 Å². The van der Waals surface area contributed by atoms with Gasteiger partial charge in [0.2, 0.25) is 0 Å². The van der Waals surface area contributed by atoms with Gasteiger partial charge in [-0.25, -0.2) is 4.79 Å². The summed E-state index contributed by atoms with van der Waals surface area (Å²) >= 11 is 0. The van der Waals surface area contributed by atoms with Crippen molar-refractivity contribution in [3.63, 3.8) is 0 Å². The van der Waals surface area contributed by atoms with E-state index < -0.39 is 10.9 Å². The lowest BCUT2D eigenvalue weighted by Crippen LogP contribution is -2.14. The molecule has 0 atom stereocenters. The number of carbonyl (C=O) groups is 2. The largest absolute Gasteiger partial charge is 0.457 e. The Labute approximate surface area is 226 Å². The maximum absolute atomic E-state index is 12.6. The van der Waals surface area contributed by atoms with Crippen molar-refractivity contribution in [1.82, 2.24) is 0 Å². The Bertz CT molecular complexity index is 1450. The van der Waals surface area contributed by atoms with Gasteiger partial charge in [0, 0.05) is 23.4 Å². The molecule has 4 rings (SSSR count). The number of nitrogens with zero attached hydrogens (tertiary/aromatic N) is 1. The fourth-order valence-corrected chi connectivity index (χ4v) is 3.67. The van der Waals surface area contributed by atoms with Gasteiger partial charge >= 0.3 is 5.97 Å². The number of ether oxygens (including phenoxy) is 2. The molecule has 1 amide bonds. The number of nitrogens with one attached hydrogen (secondary N) is 1. The number of hydrogen-bond donors (Lipinski definition) is 1. The molecule has 0 spiro atoms. The predicted molar refractivity (Wildman–Crippen MR) is 148 cm³/mol. The van der Waals surface area contributed by atoms with Crippen LogP contribution in [0.25, 0.3) is 0 Å². The highest BCUT2D eigenvalue weighted by Crippen LogP contribution is 2.25. The van der Waals surface area contributed by atoms with Crippen LogP contribution in [0.4, 0.5) is 11.4 Å². The summed E-state index contributed by atoms with van der Waals surface area (Å²) < 4.78 is 11.1. The molecule has 0 aliphatic heterocycles. The lowest BCUT2D eigenvalue weighted by Gasteiger charge is -2.19. The molecule has 1 N–H and O–H groups in total. The number of carbonyl (C=O) groups excluding carboxylic acids is 2. The molecule has 0 bridgehead atoms. The normalized spacial score (nSPS) is 10.9. The molecule has 0 saturated carbocycles. The summed E-state index contributed by atoms with van der Waals surface area (Å²) in [5.74, 6) is 0.295. The molecule has 4 aromatic carbocycles. The Balaban J connectivity index is 1.27. The highest BCUT2D eigenvalue weighted by Gasteiger charge is 2.15. The molecular weight excluding hydrogens is 496 g/mol. The van der Waals surface area contributed by atoms with Crippen LogP contribution in [0, 0.1) is 10.1 Å². The van der Waals surface area contributed by atoms with Gasteiger partial charge in [-0.1, -0.05) is 45.0 Å². The molecule has 0 heterocycles. The number of anilines is 1. The van der Waals surface area contributed by atoms with Gasteiger partial charge in [-0.05, 0) is 77.2 Å². The van der Waals surface area contributed by atoms with E-state index >= 15 is 0 Å². The van der Waals surface area contributed by atoms with Gasteiger partial charge in [-0.3, -0.25) is 14.9 Å². The second-order valence-electron chi connectivity index (χ2n) is 9.93. The number of amides is 1. The Kier molecular flexibility index (Phi) is 8.05. The van der Waals surface area contributed by atoms with Gasteiger partial charge in [0.1, 0.15) is 18.1 Å². The Morgan fingerprint density at radius 2 is 1.31 bits per heavy atom. The van der Waals surface area contributed by atoms with Crippen LogP contribution in [0.1, 0.15) is 52.6 Å². The molecule has 0 aliphatic rings. The number of nitro benzene ring substituents is 1. The Hall–Kier alpha value is -4.98. The molecule has 8 heteroatoms. The first-order chi connectivity index (χ1) is 18.6. The van der Waals surface area contributed by atoms with Gasteiger partial charge < -0.3 is 14.8 Å². The third-order valence-electron chi connectivity index (χ3n) is 5.97. The van der Waals surface area contributed by atoms with Crippen LogP contribution < -0.4 is 10.1 Å². The van der Waals surface area contributed by atoms with E-state index in [9.17, 15) is 19.7 Å². The summed E-state index contributed by atoms with van der Waals surface area (Å²) in [6, 6.07) is 26.8. The Morgan fingerprint density at radius 1 is 0.769 bits per heavy atom. The van der Waals surface area contributed by atoms with Gasteiger partial charge in [-0.2, -0.15) is 0 Å². The van der Waals surface area contributed by atoms with E-state index in [0.717, 1.165) is 11.1 Å². The smallest absolute Gasteiger partial charge is 0.338 e. The molecule has 0 fully saturated rings. The van der Waals surface area contributed by atoms with E-state index in [4.69, 9.17) is 9.47 Å². The minimum Gasteiger partial charge on any atom is -0.457 e. The first-order valence-corrected chi connectivity index (χ1v) is 12.3. The van der Waals surface area contributed by atoms with E-state index in [1.54, 1.807) is 60.7 Å². The number of benzene rings is 4. The standard InChI is InChI=1S/C31H28N2O6/c1-31(2,3)24-10-6-22(7-11-24)29(34)32-25-12-8-23(9-13-25)30(35)38-20-21-4-16-27(17-5-21)39-28-18-14-26(15-19-28)33(36)37/h4-19H,20H2,1-3H3,(H,32,34). The monoisotopic (exact) mass is 524 g/mol. The number of non-ortho nitro benzene ring substituents is 1. The second kappa shape index (κ2) is 11.6. The summed E-state index contributed by atoms with van der Waals surface area (Å²) in [7, 11) is 0. The fourth-order valence-electron chi connectivity index (χ4n) is 3.67. The van der Waals surface area contributed by atoms with E-state index in [1.807, 2.05) is 12.1 Å². The Morgan fingerprint density at radius 3 is 1.85 bits per heavy atom. The first-order valence-electron chi connectivity index (χ1n) is 12.3. The van der Waals surface area contributed by atoms with Crippen molar-refractivity contribution in [3.8, 4) is 11.5 Å². The van der Waals surface area contributed by atoms with E-state index in [0.29, 0.717) is 28.3 Å². The van der Waals surface area contributed by atoms with Crippen molar-refractivity contribution in [2.24, 2.45) is 0 Å². The van der Waals surface area contributed by atoms with Crippen molar-refractivity contribution in [2.45, 2.75) is 32.8 Å². The van der Waals surface area contributed by atoms with E-state index in [-0.39, 0.29) is 23.6 Å². The molecule has 4 aromatic rings. The summed E-state index contributed by atoms with van der Waals surface area (Å²) in [6.45, 7) is 6.42. The highest BCUT2D eigenvalue weighted by atomic mass is 16.6.